The third-order valence-electron chi connectivity index (χ3n) is 4.54. The minimum Gasteiger partial charge on any atom is -0.497 e. The van der Waals surface area contributed by atoms with Gasteiger partial charge in [-0.2, -0.15) is 0 Å². The van der Waals surface area contributed by atoms with Crippen LogP contribution in [0.1, 0.15) is 23.5 Å². The van der Waals surface area contributed by atoms with Crippen molar-refractivity contribution >= 4 is 11.7 Å². The summed E-state index contributed by atoms with van der Waals surface area (Å²) in [6, 6.07) is 13.7. The number of nitro benzene ring substituents is 1. The van der Waals surface area contributed by atoms with Crippen LogP contribution in [0.5, 0.6) is 11.6 Å². The number of benzene rings is 2. The fourth-order valence-electron chi connectivity index (χ4n) is 3.29. The zero-order valence-electron chi connectivity index (χ0n) is 14.3. The second-order valence-electron chi connectivity index (χ2n) is 6.13. The van der Waals surface area contributed by atoms with Crippen LogP contribution in [0, 0.1) is 10.1 Å². The Balaban J connectivity index is 1.85. The molecule has 3 aromatic rings. The molecule has 1 aliphatic rings. The molecule has 8 nitrogen and oxygen atoms in total. The Bertz CT molecular complexity index is 1040. The van der Waals surface area contributed by atoms with Crippen molar-refractivity contribution in [2.45, 2.75) is 12.3 Å². The van der Waals surface area contributed by atoms with Gasteiger partial charge in [-0.25, -0.2) is 0 Å². The van der Waals surface area contributed by atoms with Crippen molar-refractivity contribution in [3.63, 3.8) is 0 Å². The molecular formula is C19H15N3O5. The van der Waals surface area contributed by atoms with E-state index in [1.54, 1.807) is 19.2 Å². The number of esters is 1. The summed E-state index contributed by atoms with van der Waals surface area (Å²) in [5.74, 6) is 0.186. The number of rotatable bonds is 4. The Morgan fingerprint density at radius 3 is 2.85 bits per heavy atom. The van der Waals surface area contributed by atoms with E-state index in [2.05, 4.69) is 10.2 Å². The lowest BCUT2D eigenvalue weighted by Crippen LogP contribution is -2.20. The first-order valence-electron chi connectivity index (χ1n) is 8.24. The number of ether oxygens (including phenoxy) is 2. The number of non-ortho nitro benzene ring substituents is 1. The van der Waals surface area contributed by atoms with Crippen molar-refractivity contribution in [2.75, 3.05) is 7.11 Å². The maximum atomic E-state index is 12.1. The third-order valence-corrected chi connectivity index (χ3v) is 4.54. The van der Waals surface area contributed by atoms with E-state index in [1.807, 2.05) is 24.3 Å². The summed E-state index contributed by atoms with van der Waals surface area (Å²) >= 11 is 0. The van der Waals surface area contributed by atoms with Gasteiger partial charge in [0.2, 0.25) is 5.88 Å². The average Bonchev–Trinajstić information content (AvgIpc) is 3.11. The summed E-state index contributed by atoms with van der Waals surface area (Å²) in [4.78, 5) is 22.7. The van der Waals surface area contributed by atoms with Gasteiger partial charge in [0, 0.05) is 23.6 Å². The molecule has 2 heterocycles. The molecule has 0 aliphatic carbocycles. The summed E-state index contributed by atoms with van der Waals surface area (Å²) in [6.07, 6.45) is 0.141. The Labute approximate surface area is 153 Å². The van der Waals surface area contributed by atoms with Crippen LogP contribution in [0.25, 0.3) is 11.3 Å². The van der Waals surface area contributed by atoms with Gasteiger partial charge in [-0.15, -0.1) is 5.10 Å². The Kier molecular flexibility index (Phi) is 4.08. The number of aromatic amines is 1. The lowest BCUT2D eigenvalue weighted by Gasteiger charge is -2.22. The molecular weight excluding hydrogens is 350 g/mol. The number of carbonyl (C=O) groups excluding carboxylic acids is 1. The zero-order chi connectivity index (χ0) is 19.0. The van der Waals surface area contributed by atoms with Crippen molar-refractivity contribution in [2.24, 2.45) is 0 Å². The minimum absolute atomic E-state index is 0.0263. The van der Waals surface area contributed by atoms with Gasteiger partial charge in [0.1, 0.15) is 5.75 Å². The molecule has 8 heteroatoms. The van der Waals surface area contributed by atoms with Crippen LogP contribution in [-0.4, -0.2) is 28.2 Å². The van der Waals surface area contributed by atoms with Crippen LogP contribution in [0.15, 0.2) is 48.5 Å². The fraction of sp³-hybridized carbons (Fsp3) is 0.158. The molecule has 1 aliphatic heterocycles. The second-order valence-corrected chi connectivity index (χ2v) is 6.13. The van der Waals surface area contributed by atoms with Gasteiger partial charge in [0.25, 0.3) is 5.69 Å². The monoisotopic (exact) mass is 365 g/mol. The molecule has 0 radical (unpaired) electrons. The van der Waals surface area contributed by atoms with Crippen LogP contribution < -0.4 is 9.47 Å². The lowest BCUT2D eigenvalue weighted by atomic mass is 9.85. The maximum Gasteiger partial charge on any atom is 0.313 e. The summed E-state index contributed by atoms with van der Waals surface area (Å²) in [5, 5.41) is 18.1. The number of H-pyrrole nitrogens is 1. The smallest absolute Gasteiger partial charge is 0.313 e. The van der Waals surface area contributed by atoms with Crippen LogP contribution in [0.3, 0.4) is 0 Å². The van der Waals surface area contributed by atoms with Gasteiger partial charge in [-0.1, -0.05) is 24.3 Å². The SMILES string of the molecule is COc1cccc([C@@H]2CC(=O)Oc3n[nH]c(-c4cccc([N+](=O)[O-])c4)c32)c1. The van der Waals surface area contributed by atoms with E-state index in [-0.39, 0.29) is 29.9 Å². The summed E-state index contributed by atoms with van der Waals surface area (Å²) in [6.45, 7) is 0. The van der Waals surface area contributed by atoms with Crippen molar-refractivity contribution in [3.8, 4) is 22.9 Å². The molecule has 4 rings (SSSR count). The lowest BCUT2D eigenvalue weighted by molar-refractivity contribution is -0.384. The molecule has 0 amide bonds. The van der Waals surface area contributed by atoms with Gasteiger partial charge in [-0.3, -0.25) is 20.0 Å². The van der Waals surface area contributed by atoms with Crippen LogP contribution >= 0.6 is 0 Å². The molecule has 0 unspecified atom stereocenters. The normalized spacial score (nSPS) is 15.7. The van der Waals surface area contributed by atoms with E-state index in [1.165, 1.54) is 12.1 Å². The number of nitrogens with one attached hydrogen (secondary N) is 1. The number of hydrogen-bond acceptors (Lipinski definition) is 6. The summed E-state index contributed by atoms with van der Waals surface area (Å²) < 4.78 is 10.6. The van der Waals surface area contributed by atoms with Gasteiger partial charge >= 0.3 is 5.97 Å². The molecule has 2 aromatic carbocycles. The first-order chi connectivity index (χ1) is 13.1. The van der Waals surface area contributed by atoms with Crippen molar-refractivity contribution in [1.29, 1.82) is 0 Å². The number of aromatic nitrogens is 2. The molecule has 0 spiro atoms. The molecule has 0 fully saturated rings. The van der Waals surface area contributed by atoms with E-state index in [9.17, 15) is 14.9 Å². The first-order valence-corrected chi connectivity index (χ1v) is 8.24. The van der Waals surface area contributed by atoms with E-state index in [0.717, 1.165) is 5.56 Å². The largest absolute Gasteiger partial charge is 0.497 e. The van der Waals surface area contributed by atoms with Crippen LogP contribution in [0.2, 0.25) is 0 Å². The van der Waals surface area contributed by atoms with Gasteiger partial charge in [-0.05, 0) is 17.7 Å². The summed E-state index contributed by atoms with van der Waals surface area (Å²) in [5.41, 5.74) is 2.74. The molecule has 136 valence electrons. The highest BCUT2D eigenvalue weighted by atomic mass is 16.6. The Morgan fingerprint density at radius 1 is 1.26 bits per heavy atom. The summed E-state index contributed by atoms with van der Waals surface area (Å²) in [7, 11) is 1.58. The highest BCUT2D eigenvalue weighted by Crippen LogP contribution is 2.43. The fourth-order valence-corrected chi connectivity index (χ4v) is 3.29. The first kappa shape index (κ1) is 16.8. The number of methoxy groups -OCH3 is 1. The Morgan fingerprint density at radius 2 is 2.07 bits per heavy atom. The molecule has 1 aromatic heterocycles. The molecule has 0 bridgehead atoms. The number of fused-ring (bicyclic) bond motifs is 1. The topological polar surface area (TPSA) is 107 Å². The number of nitrogens with zero attached hydrogens (tertiary/aromatic N) is 2. The molecule has 0 saturated heterocycles. The van der Waals surface area contributed by atoms with Crippen molar-refractivity contribution in [3.05, 3.63) is 69.8 Å². The quantitative estimate of drug-likeness (QED) is 0.431. The number of carbonyl (C=O) groups is 1. The molecule has 1 N–H and O–H groups in total. The highest BCUT2D eigenvalue weighted by molar-refractivity contribution is 5.80. The average molecular weight is 365 g/mol. The van der Waals surface area contributed by atoms with E-state index >= 15 is 0 Å². The zero-order valence-corrected chi connectivity index (χ0v) is 14.3. The predicted molar refractivity (Wildman–Crippen MR) is 95.8 cm³/mol. The minimum atomic E-state index is -0.452. The second kappa shape index (κ2) is 6.56. The molecule has 0 saturated carbocycles. The highest BCUT2D eigenvalue weighted by Gasteiger charge is 2.34. The van der Waals surface area contributed by atoms with E-state index in [4.69, 9.17) is 9.47 Å². The maximum absolute atomic E-state index is 12.1. The van der Waals surface area contributed by atoms with Crippen LogP contribution in [0.4, 0.5) is 5.69 Å². The van der Waals surface area contributed by atoms with E-state index < -0.39 is 4.92 Å². The van der Waals surface area contributed by atoms with Crippen molar-refractivity contribution < 1.29 is 19.2 Å². The Hall–Kier alpha value is -3.68. The predicted octanol–water partition coefficient (Wildman–Crippen LogP) is 3.43. The standard InChI is InChI=1S/C19H15N3O5/c1-26-14-7-3-4-11(9-14)15-10-16(23)27-19-17(15)18(20-21-19)12-5-2-6-13(8-12)22(24)25/h2-9,15H,10H2,1H3,(H,20,21)/t15-/m0/s1. The third kappa shape index (κ3) is 3.01. The van der Waals surface area contributed by atoms with Gasteiger partial charge < -0.3 is 9.47 Å². The molecule has 27 heavy (non-hydrogen) atoms. The van der Waals surface area contributed by atoms with Crippen LogP contribution in [-0.2, 0) is 4.79 Å². The van der Waals surface area contributed by atoms with E-state index in [0.29, 0.717) is 22.6 Å². The molecule has 1 atom stereocenters. The number of nitro groups is 1. The van der Waals surface area contributed by atoms with Gasteiger partial charge in [0.15, 0.2) is 0 Å². The number of hydrogen-bond donors (Lipinski definition) is 1. The van der Waals surface area contributed by atoms with Gasteiger partial charge in [0.05, 0.1) is 29.7 Å². The van der Waals surface area contributed by atoms with Crippen molar-refractivity contribution in [1.82, 2.24) is 10.2 Å².